The number of carbonyl (C=O) groups is 2. The van der Waals surface area contributed by atoms with Crippen LogP contribution in [-0.2, 0) is 14.3 Å². The first-order valence-electron chi connectivity index (χ1n) is 38.9. The lowest BCUT2D eigenvalue weighted by molar-refractivity contribution is -0.143. The Morgan fingerprint density at radius 2 is 0.581 bits per heavy atom. The summed E-state index contributed by atoms with van der Waals surface area (Å²) in [5, 5.41) is 23.3. The van der Waals surface area contributed by atoms with Crippen LogP contribution in [0.3, 0.4) is 0 Å². The highest BCUT2D eigenvalue weighted by atomic mass is 16.5. The largest absolute Gasteiger partial charge is 0.466 e. The van der Waals surface area contributed by atoms with Gasteiger partial charge in [0.2, 0.25) is 5.91 Å². The number of rotatable bonds is 73. The molecule has 0 bridgehead atoms. The number of allylic oxidation sites excluding steroid dienone is 7. The van der Waals surface area contributed by atoms with E-state index in [-0.39, 0.29) is 18.5 Å². The van der Waals surface area contributed by atoms with Crippen LogP contribution in [0, 0.1) is 0 Å². The van der Waals surface area contributed by atoms with Crippen LogP contribution in [0.1, 0.15) is 425 Å². The Balaban J connectivity index is 3.38. The van der Waals surface area contributed by atoms with E-state index in [2.05, 4.69) is 55.6 Å². The molecule has 2 atom stereocenters. The molecule has 506 valence electrons. The lowest BCUT2D eigenvalue weighted by Crippen LogP contribution is -2.45. The van der Waals surface area contributed by atoms with E-state index < -0.39 is 12.1 Å². The third kappa shape index (κ3) is 70.9. The second kappa shape index (κ2) is 75.3. The number of aliphatic hydroxyl groups is 2. The maximum atomic E-state index is 12.5. The van der Waals surface area contributed by atoms with Crippen LogP contribution in [0.4, 0.5) is 0 Å². The lowest BCUT2D eigenvalue weighted by Gasteiger charge is -2.20. The fourth-order valence-electron chi connectivity index (χ4n) is 12.1. The molecule has 0 fully saturated rings. The van der Waals surface area contributed by atoms with Gasteiger partial charge in [0.15, 0.2) is 0 Å². The van der Waals surface area contributed by atoms with E-state index in [1.165, 1.54) is 347 Å². The summed E-state index contributed by atoms with van der Waals surface area (Å²) in [6.45, 7) is 4.91. The smallest absolute Gasteiger partial charge is 0.305 e. The third-order valence-corrected chi connectivity index (χ3v) is 18.1. The summed E-state index contributed by atoms with van der Waals surface area (Å²) in [6.07, 6.45) is 99.4. The number of ether oxygens (including phenoxy) is 1. The number of esters is 1. The van der Waals surface area contributed by atoms with E-state index in [1.807, 2.05) is 6.08 Å². The Morgan fingerprint density at radius 3 is 0.919 bits per heavy atom. The molecule has 6 nitrogen and oxygen atoms in total. The second-order valence-corrected chi connectivity index (χ2v) is 26.7. The van der Waals surface area contributed by atoms with Gasteiger partial charge in [0.25, 0.3) is 0 Å². The average molecular weight is 1210 g/mol. The minimum atomic E-state index is -0.844. The standard InChI is InChI=1S/C80H151NO5/c1-3-5-7-9-11-13-15-17-19-20-21-35-38-41-45-48-52-56-60-64-68-72-78(83)77(76-82)81-79(84)73-69-65-61-57-53-49-46-42-39-36-33-31-29-27-25-23-22-24-26-28-30-32-34-37-40-43-47-51-55-59-63-67-71-75-86-80(85)74-70-66-62-58-54-50-44-18-16-14-12-10-8-6-4-2/h12,14,18,26,28,44,68,72,77-78,82-83H,3-11,13,15-17,19-25,27,29-43,45-67,69-71,73-76H2,1-2H3,(H,81,84)/b14-12-,28-26-,44-18-,72-68+. The lowest BCUT2D eigenvalue weighted by atomic mass is 10.0. The SMILES string of the molecule is CCCCC/C=C\C/C=C\CCCCCCCC(=O)OCCCCCCCCCCCCCC/C=C\CCCCCCCCCCCCCCCCCCCC(=O)NC(CO)C(O)/C=C/CCCCCCCCCCCCCCCCCCCCC. The van der Waals surface area contributed by atoms with Gasteiger partial charge in [0.1, 0.15) is 0 Å². The number of unbranched alkanes of at least 4 members (excludes halogenated alkanes) is 56. The minimum absolute atomic E-state index is 0.00473. The predicted octanol–water partition coefficient (Wildman–Crippen LogP) is 25.6. The summed E-state index contributed by atoms with van der Waals surface area (Å²) in [7, 11) is 0. The Morgan fingerprint density at radius 1 is 0.326 bits per heavy atom. The molecule has 0 spiro atoms. The summed E-state index contributed by atoms with van der Waals surface area (Å²) in [5.41, 5.74) is 0. The number of hydrogen-bond acceptors (Lipinski definition) is 5. The van der Waals surface area contributed by atoms with Crippen molar-refractivity contribution in [2.24, 2.45) is 0 Å². The van der Waals surface area contributed by atoms with Crippen LogP contribution in [0.2, 0.25) is 0 Å². The minimum Gasteiger partial charge on any atom is -0.466 e. The average Bonchev–Trinajstić information content (AvgIpc) is 3.53. The number of nitrogens with one attached hydrogen (secondary N) is 1. The Hall–Kier alpha value is -2.18. The van der Waals surface area contributed by atoms with Crippen molar-refractivity contribution in [3.8, 4) is 0 Å². The first-order chi connectivity index (χ1) is 42.5. The molecule has 0 aromatic rings. The molecule has 2 unspecified atom stereocenters. The molecule has 3 N–H and O–H groups in total. The fourth-order valence-corrected chi connectivity index (χ4v) is 12.1. The van der Waals surface area contributed by atoms with Crippen molar-refractivity contribution >= 4 is 11.9 Å². The normalized spacial score (nSPS) is 12.7. The van der Waals surface area contributed by atoms with E-state index in [0.29, 0.717) is 19.4 Å². The van der Waals surface area contributed by atoms with Gasteiger partial charge in [-0.1, -0.05) is 371 Å². The van der Waals surface area contributed by atoms with Crippen molar-refractivity contribution in [2.75, 3.05) is 13.2 Å². The first-order valence-corrected chi connectivity index (χ1v) is 38.9. The zero-order valence-electron chi connectivity index (χ0n) is 58.1. The molecule has 0 aliphatic heterocycles. The molecule has 0 aromatic carbocycles. The van der Waals surface area contributed by atoms with E-state index in [1.54, 1.807) is 6.08 Å². The third-order valence-electron chi connectivity index (χ3n) is 18.1. The predicted molar refractivity (Wildman–Crippen MR) is 379 cm³/mol. The molecule has 6 heteroatoms. The van der Waals surface area contributed by atoms with Gasteiger partial charge in [0.05, 0.1) is 25.4 Å². The topological polar surface area (TPSA) is 95.9 Å². The molecule has 0 saturated heterocycles. The summed E-state index contributed by atoms with van der Waals surface area (Å²) in [6, 6.07) is -0.627. The van der Waals surface area contributed by atoms with Crippen molar-refractivity contribution in [2.45, 2.75) is 437 Å². The number of hydrogen-bond donors (Lipinski definition) is 3. The molecule has 0 aliphatic carbocycles. The van der Waals surface area contributed by atoms with Gasteiger partial charge in [-0.05, 0) is 89.9 Å². The maximum absolute atomic E-state index is 12.5. The Bertz CT molecular complexity index is 1440. The van der Waals surface area contributed by atoms with Gasteiger partial charge in [-0.25, -0.2) is 0 Å². The summed E-state index contributed by atoms with van der Waals surface area (Å²) in [5.74, 6) is -0.0562. The van der Waals surface area contributed by atoms with Crippen LogP contribution in [-0.4, -0.2) is 47.4 Å². The molecule has 0 saturated carbocycles. The number of amides is 1. The van der Waals surface area contributed by atoms with Crippen LogP contribution >= 0.6 is 0 Å². The van der Waals surface area contributed by atoms with Gasteiger partial charge < -0.3 is 20.3 Å². The van der Waals surface area contributed by atoms with Gasteiger partial charge >= 0.3 is 5.97 Å². The Kier molecular flexibility index (Phi) is 73.4. The van der Waals surface area contributed by atoms with Crippen molar-refractivity contribution in [3.05, 3.63) is 48.6 Å². The molecule has 0 aliphatic rings. The summed E-state index contributed by atoms with van der Waals surface area (Å²) < 4.78 is 5.49. The van der Waals surface area contributed by atoms with Crippen molar-refractivity contribution in [3.63, 3.8) is 0 Å². The number of aliphatic hydroxyl groups excluding tert-OH is 2. The molecular weight excluding hydrogens is 1050 g/mol. The van der Waals surface area contributed by atoms with Crippen molar-refractivity contribution in [1.82, 2.24) is 5.32 Å². The first kappa shape index (κ1) is 83.8. The molecule has 0 rings (SSSR count). The van der Waals surface area contributed by atoms with E-state index >= 15 is 0 Å². The van der Waals surface area contributed by atoms with Gasteiger partial charge in [0, 0.05) is 12.8 Å². The summed E-state index contributed by atoms with van der Waals surface area (Å²) >= 11 is 0. The molecule has 0 heterocycles. The van der Waals surface area contributed by atoms with E-state index in [4.69, 9.17) is 4.74 Å². The Labute approximate surface area is 537 Å². The van der Waals surface area contributed by atoms with E-state index in [0.717, 1.165) is 51.4 Å². The van der Waals surface area contributed by atoms with Crippen molar-refractivity contribution < 1.29 is 24.5 Å². The quantitative estimate of drug-likeness (QED) is 0.0320. The molecule has 1 amide bonds. The van der Waals surface area contributed by atoms with E-state index in [9.17, 15) is 19.8 Å². The highest BCUT2D eigenvalue weighted by Crippen LogP contribution is 2.19. The molecule has 0 radical (unpaired) electrons. The number of carbonyl (C=O) groups excluding carboxylic acids is 2. The molecular formula is C80H151NO5. The fraction of sp³-hybridized carbons (Fsp3) is 0.875. The monoisotopic (exact) mass is 1210 g/mol. The van der Waals surface area contributed by atoms with Gasteiger partial charge in [-0.2, -0.15) is 0 Å². The molecule has 0 aromatic heterocycles. The van der Waals surface area contributed by atoms with Crippen LogP contribution < -0.4 is 5.32 Å². The highest BCUT2D eigenvalue weighted by Gasteiger charge is 2.18. The second-order valence-electron chi connectivity index (χ2n) is 26.7. The summed E-state index contributed by atoms with van der Waals surface area (Å²) in [4.78, 5) is 24.6. The zero-order chi connectivity index (χ0) is 62.0. The van der Waals surface area contributed by atoms with Crippen LogP contribution in [0.5, 0.6) is 0 Å². The maximum Gasteiger partial charge on any atom is 0.305 e. The zero-order valence-corrected chi connectivity index (χ0v) is 58.1. The van der Waals surface area contributed by atoms with Gasteiger partial charge in [-0.3, -0.25) is 9.59 Å². The van der Waals surface area contributed by atoms with Crippen molar-refractivity contribution in [1.29, 1.82) is 0 Å². The van der Waals surface area contributed by atoms with Crippen LogP contribution in [0.25, 0.3) is 0 Å². The highest BCUT2D eigenvalue weighted by molar-refractivity contribution is 5.76. The van der Waals surface area contributed by atoms with Crippen LogP contribution in [0.15, 0.2) is 48.6 Å². The van der Waals surface area contributed by atoms with Gasteiger partial charge in [-0.15, -0.1) is 0 Å². The molecule has 86 heavy (non-hydrogen) atoms.